The largest absolute Gasteiger partial charge is 0.252 e. The molecule has 2 nitrogen and oxygen atoms in total. The van der Waals surface area contributed by atoms with E-state index in [9.17, 15) is 0 Å². The normalized spacial score (nSPS) is 12.1. The Balaban J connectivity index is 0.00000450. The molecule has 2 aromatic rings. The maximum absolute atomic E-state index is 5.04. The van der Waals surface area contributed by atoms with Crippen molar-refractivity contribution in [1.82, 2.24) is 0 Å². The summed E-state index contributed by atoms with van der Waals surface area (Å²) in [6.07, 6.45) is 7.50. The number of hydrogen-bond donors (Lipinski definition) is 0. The maximum atomic E-state index is 5.04. The molecular formula is C27H38N2Pd. The number of benzene rings is 2. The standard InChI is InChI=1S/C27H38N2.Pd/c1-7-12-13-27(29-26-17-15-22(9-3)24(11-5)19-26)20(6)28-25-16-14-21(8-2)23(10-4)18-25;/h14-19H,7-13H2,1-6H3;. The van der Waals surface area contributed by atoms with Gasteiger partial charge in [0, 0.05) is 20.4 Å². The van der Waals surface area contributed by atoms with Crippen LogP contribution in [0.3, 0.4) is 0 Å². The third-order valence-electron chi connectivity index (χ3n) is 5.65. The zero-order valence-electron chi connectivity index (χ0n) is 19.6. The Morgan fingerprint density at radius 3 is 1.57 bits per heavy atom. The first-order valence-corrected chi connectivity index (χ1v) is 11.4. The number of aryl methyl sites for hydroxylation is 4. The molecule has 0 aromatic heterocycles. The quantitative estimate of drug-likeness (QED) is 0.235. The number of aliphatic imine (C=N–C) groups is 2. The zero-order chi connectivity index (χ0) is 21.2. The summed E-state index contributed by atoms with van der Waals surface area (Å²) in [4.78, 5) is 9.99. The molecule has 0 unspecified atom stereocenters. The predicted molar refractivity (Wildman–Crippen MR) is 130 cm³/mol. The van der Waals surface area contributed by atoms with Gasteiger partial charge in [0.2, 0.25) is 0 Å². The van der Waals surface area contributed by atoms with Gasteiger partial charge in [0.25, 0.3) is 0 Å². The molecule has 0 saturated carbocycles. The summed E-state index contributed by atoms with van der Waals surface area (Å²) in [5.74, 6) is 0. The number of unbranched alkanes of at least 4 members (excludes halogenated alkanes) is 1. The number of hydrogen-bond acceptors (Lipinski definition) is 2. The van der Waals surface area contributed by atoms with Crippen LogP contribution in [0.5, 0.6) is 0 Å². The van der Waals surface area contributed by atoms with Crippen LogP contribution in [0.2, 0.25) is 0 Å². The van der Waals surface area contributed by atoms with E-state index in [1.54, 1.807) is 0 Å². The van der Waals surface area contributed by atoms with Crippen molar-refractivity contribution in [2.24, 2.45) is 9.98 Å². The third-order valence-corrected chi connectivity index (χ3v) is 5.65. The molecule has 30 heavy (non-hydrogen) atoms. The molecule has 3 heteroatoms. The molecule has 0 N–H and O–H groups in total. The van der Waals surface area contributed by atoms with Gasteiger partial charge in [-0.2, -0.15) is 0 Å². The van der Waals surface area contributed by atoms with Crippen LogP contribution < -0.4 is 0 Å². The predicted octanol–water partition coefficient (Wildman–Crippen LogP) is 7.99. The van der Waals surface area contributed by atoms with Crippen molar-refractivity contribution in [3.8, 4) is 0 Å². The summed E-state index contributed by atoms with van der Waals surface area (Å²) in [5.41, 5.74) is 9.88. The van der Waals surface area contributed by atoms with Gasteiger partial charge in [-0.05, 0) is 92.0 Å². The molecule has 0 spiro atoms. The van der Waals surface area contributed by atoms with Crippen LogP contribution in [0.25, 0.3) is 0 Å². The summed E-state index contributed by atoms with van der Waals surface area (Å²) >= 11 is 0. The van der Waals surface area contributed by atoms with E-state index in [1.807, 2.05) is 0 Å². The Morgan fingerprint density at radius 1 is 0.667 bits per heavy atom. The number of nitrogens with zero attached hydrogens (tertiary/aromatic N) is 2. The molecule has 2 aromatic carbocycles. The van der Waals surface area contributed by atoms with Gasteiger partial charge >= 0.3 is 0 Å². The molecule has 166 valence electrons. The minimum Gasteiger partial charge on any atom is -0.252 e. The van der Waals surface area contributed by atoms with Gasteiger partial charge in [0.15, 0.2) is 0 Å². The molecule has 0 fully saturated rings. The van der Waals surface area contributed by atoms with E-state index in [4.69, 9.17) is 9.98 Å². The molecule has 0 saturated heterocycles. The van der Waals surface area contributed by atoms with Crippen molar-refractivity contribution in [3.05, 3.63) is 58.7 Å². The van der Waals surface area contributed by atoms with E-state index in [1.165, 1.54) is 22.3 Å². The Hall–Kier alpha value is -1.56. The SMILES string of the molecule is CCCCC(=Nc1ccc(CC)c(CC)c1)C(C)=Nc1ccc(CC)c(CC)c1.[Pd]. The van der Waals surface area contributed by atoms with Crippen LogP contribution in [0.15, 0.2) is 46.4 Å². The van der Waals surface area contributed by atoms with Crippen molar-refractivity contribution in [2.45, 2.75) is 86.5 Å². The number of rotatable bonds is 10. The fraction of sp³-hybridized carbons (Fsp3) is 0.481. The maximum Gasteiger partial charge on any atom is 0.0636 e. The first-order valence-electron chi connectivity index (χ1n) is 11.4. The summed E-state index contributed by atoms with van der Waals surface area (Å²) in [5, 5.41) is 0. The fourth-order valence-corrected chi connectivity index (χ4v) is 3.79. The summed E-state index contributed by atoms with van der Waals surface area (Å²) in [6, 6.07) is 13.3. The molecule has 0 aliphatic rings. The minimum absolute atomic E-state index is 0. The van der Waals surface area contributed by atoms with E-state index in [0.29, 0.717) is 0 Å². The molecule has 2 rings (SSSR count). The second-order valence-corrected chi connectivity index (χ2v) is 7.68. The molecule has 0 aliphatic carbocycles. The van der Waals surface area contributed by atoms with E-state index in [-0.39, 0.29) is 20.4 Å². The second-order valence-electron chi connectivity index (χ2n) is 7.68. The first-order chi connectivity index (χ1) is 14.1. The van der Waals surface area contributed by atoms with Gasteiger partial charge in [0.1, 0.15) is 0 Å². The van der Waals surface area contributed by atoms with Gasteiger partial charge < -0.3 is 0 Å². The molecule has 0 radical (unpaired) electrons. The van der Waals surface area contributed by atoms with Crippen LogP contribution in [0, 0.1) is 0 Å². The van der Waals surface area contributed by atoms with Crippen molar-refractivity contribution in [1.29, 1.82) is 0 Å². The molecule has 0 amide bonds. The van der Waals surface area contributed by atoms with Crippen LogP contribution in [0.4, 0.5) is 11.4 Å². The van der Waals surface area contributed by atoms with Crippen LogP contribution in [-0.2, 0) is 46.1 Å². The molecule has 0 bridgehead atoms. The van der Waals surface area contributed by atoms with E-state index >= 15 is 0 Å². The van der Waals surface area contributed by atoms with Gasteiger partial charge in [-0.15, -0.1) is 0 Å². The zero-order valence-corrected chi connectivity index (χ0v) is 21.2. The van der Waals surface area contributed by atoms with Crippen molar-refractivity contribution >= 4 is 22.8 Å². The molecular weight excluding hydrogens is 459 g/mol. The average molecular weight is 497 g/mol. The Kier molecular flexibility index (Phi) is 12.1. The summed E-state index contributed by atoms with van der Waals surface area (Å²) in [7, 11) is 0. The van der Waals surface area contributed by atoms with E-state index < -0.39 is 0 Å². The fourth-order valence-electron chi connectivity index (χ4n) is 3.79. The Bertz CT molecular complexity index is 865. The van der Waals surface area contributed by atoms with Crippen molar-refractivity contribution < 1.29 is 20.4 Å². The minimum atomic E-state index is 0. The van der Waals surface area contributed by atoms with Gasteiger partial charge in [-0.25, -0.2) is 0 Å². The van der Waals surface area contributed by atoms with E-state index in [2.05, 4.69) is 77.9 Å². The Labute approximate surface area is 198 Å². The molecule has 0 aliphatic heterocycles. The third kappa shape index (κ3) is 7.29. The van der Waals surface area contributed by atoms with Crippen LogP contribution >= 0.6 is 0 Å². The monoisotopic (exact) mass is 496 g/mol. The van der Waals surface area contributed by atoms with E-state index in [0.717, 1.165) is 67.7 Å². The summed E-state index contributed by atoms with van der Waals surface area (Å²) in [6.45, 7) is 13.2. The van der Waals surface area contributed by atoms with Crippen molar-refractivity contribution in [2.75, 3.05) is 0 Å². The topological polar surface area (TPSA) is 24.7 Å². The van der Waals surface area contributed by atoms with Gasteiger partial charge in [0.05, 0.1) is 22.8 Å². The first kappa shape index (κ1) is 26.5. The van der Waals surface area contributed by atoms with Crippen LogP contribution in [0.1, 0.15) is 83.1 Å². The second kappa shape index (κ2) is 13.7. The molecule has 0 atom stereocenters. The summed E-state index contributed by atoms with van der Waals surface area (Å²) < 4.78 is 0. The Morgan fingerprint density at radius 2 is 1.13 bits per heavy atom. The molecule has 0 heterocycles. The van der Waals surface area contributed by atoms with Crippen LogP contribution in [-0.4, -0.2) is 11.4 Å². The smallest absolute Gasteiger partial charge is 0.0636 e. The van der Waals surface area contributed by atoms with Crippen molar-refractivity contribution in [3.63, 3.8) is 0 Å². The van der Waals surface area contributed by atoms with Gasteiger partial charge in [-0.3, -0.25) is 9.98 Å². The van der Waals surface area contributed by atoms with Gasteiger partial charge in [-0.1, -0.05) is 53.2 Å². The average Bonchev–Trinajstić information content (AvgIpc) is 2.76.